The molecule has 0 atom stereocenters. The van der Waals surface area contributed by atoms with E-state index in [2.05, 4.69) is 5.32 Å². The number of aliphatic carboxylic acids is 1. The van der Waals surface area contributed by atoms with Crippen LogP contribution in [0.3, 0.4) is 0 Å². The molecule has 0 saturated carbocycles. The number of nitrogens with one attached hydrogen (secondary N) is 1. The molecular formula is C12H11NO3. The summed E-state index contributed by atoms with van der Waals surface area (Å²) in [5.41, 5.74) is 2.52. The zero-order valence-corrected chi connectivity index (χ0v) is 8.56. The maximum Gasteiger partial charge on any atom is 0.307 e. The molecule has 1 aliphatic heterocycles. The monoisotopic (exact) mass is 217 g/mol. The molecule has 0 spiro atoms. The molecule has 4 nitrogen and oxygen atoms in total. The molecule has 0 unspecified atom stereocenters. The van der Waals surface area contributed by atoms with E-state index < -0.39 is 5.97 Å². The van der Waals surface area contributed by atoms with E-state index in [4.69, 9.17) is 5.11 Å². The van der Waals surface area contributed by atoms with E-state index in [-0.39, 0.29) is 12.3 Å². The van der Waals surface area contributed by atoms with Crippen molar-refractivity contribution in [1.82, 2.24) is 5.32 Å². The molecule has 1 aliphatic rings. The first-order valence-corrected chi connectivity index (χ1v) is 4.97. The van der Waals surface area contributed by atoms with Gasteiger partial charge in [-0.3, -0.25) is 9.59 Å². The van der Waals surface area contributed by atoms with Gasteiger partial charge in [0.2, 0.25) is 0 Å². The van der Waals surface area contributed by atoms with E-state index in [1.807, 2.05) is 6.07 Å². The number of hydrogen-bond donors (Lipinski definition) is 2. The average Bonchev–Trinajstić information content (AvgIpc) is 2.61. The molecule has 0 radical (unpaired) electrons. The molecule has 1 aromatic rings. The van der Waals surface area contributed by atoms with Crippen LogP contribution in [-0.2, 0) is 11.3 Å². The fourth-order valence-corrected chi connectivity index (χ4v) is 1.72. The molecule has 2 rings (SSSR count). The summed E-state index contributed by atoms with van der Waals surface area (Å²) in [6, 6.07) is 5.44. The molecule has 0 aromatic heterocycles. The van der Waals surface area contributed by atoms with E-state index >= 15 is 0 Å². The second-order valence-corrected chi connectivity index (χ2v) is 3.56. The first-order valence-electron chi connectivity index (χ1n) is 4.97. The van der Waals surface area contributed by atoms with Crippen LogP contribution in [0, 0.1) is 0 Å². The minimum absolute atomic E-state index is 0.00889. The van der Waals surface area contributed by atoms with E-state index in [1.165, 1.54) is 0 Å². The Kier molecular flexibility index (Phi) is 2.72. The lowest BCUT2D eigenvalue weighted by molar-refractivity contribution is -0.135. The van der Waals surface area contributed by atoms with Crippen molar-refractivity contribution in [2.24, 2.45) is 0 Å². The van der Waals surface area contributed by atoms with Gasteiger partial charge in [0.25, 0.3) is 5.91 Å². The quantitative estimate of drug-likeness (QED) is 0.804. The molecular weight excluding hydrogens is 206 g/mol. The van der Waals surface area contributed by atoms with Crippen LogP contribution in [-0.4, -0.2) is 17.0 Å². The van der Waals surface area contributed by atoms with Gasteiger partial charge in [0, 0.05) is 12.1 Å². The Bertz CT molecular complexity index is 477. The van der Waals surface area contributed by atoms with E-state index in [1.54, 1.807) is 24.3 Å². The summed E-state index contributed by atoms with van der Waals surface area (Å²) in [6.07, 6.45) is 3.32. The minimum Gasteiger partial charge on any atom is -0.481 e. The summed E-state index contributed by atoms with van der Waals surface area (Å²) in [6.45, 7) is 0.516. The van der Waals surface area contributed by atoms with Gasteiger partial charge in [0.1, 0.15) is 0 Å². The molecule has 2 N–H and O–H groups in total. The number of carboxylic acid groups (broad SMARTS) is 1. The van der Waals surface area contributed by atoms with Gasteiger partial charge in [0.15, 0.2) is 0 Å². The van der Waals surface area contributed by atoms with Crippen LogP contribution >= 0.6 is 0 Å². The van der Waals surface area contributed by atoms with Crippen molar-refractivity contribution in [1.29, 1.82) is 0 Å². The summed E-state index contributed by atoms with van der Waals surface area (Å²) in [5.74, 6) is -0.929. The molecule has 1 amide bonds. The predicted molar refractivity (Wildman–Crippen MR) is 58.9 cm³/mol. The highest BCUT2D eigenvalue weighted by Crippen LogP contribution is 2.20. The Morgan fingerprint density at radius 1 is 1.50 bits per heavy atom. The van der Waals surface area contributed by atoms with E-state index in [9.17, 15) is 9.59 Å². The summed E-state index contributed by atoms with van der Waals surface area (Å²) >= 11 is 0. The molecule has 82 valence electrons. The van der Waals surface area contributed by atoms with Crippen LogP contribution in [0.15, 0.2) is 24.3 Å². The van der Waals surface area contributed by atoms with Gasteiger partial charge in [-0.25, -0.2) is 0 Å². The molecule has 0 saturated heterocycles. The predicted octanol–water partition coefficient (Wildman–Crippen LogP) is 1.42. The number of fused-ring (bicyclic) bond motifs is 1. The summed E-state index contributed by atoms with van der Waals surface area (Å²) in [7, 11) is 0. The van der Waals surface area contributed by atoms with Crippen molar-refractivity contribution in [3.63, 3.8) is 0 Å². The lowest BCUT2D eigenvalue weighted by Crippen LogP contribution is -2.12. The molecule has 0 fully saturated rings. The lowest BCUT2D eigenvalue weighted by atomic mass is 10.0. The highest BCUT2D eigenvalue weighted by atomic mass is 16.4. The Labute approximate surface area is 92.6 Å². The van der Waals surface area contributed by atoms with Crippen LogP contribution in [0.2, 0.25) is 0 Å². The second kappa shape index (κ2) is 4.18. The maximum atomic E-state index is 11.4. The third-order valence-corrected chi connectivity index (χ3v) is 2.47. The van der Waals surface area contributed by atoms with Crippen molar-refractivity contribution in [3.05, 3.63) is 41.0 Å². The Hall–Kier alpha value is -2.10. The van der Waals surface area contributed by atoms with Crippen LogP contribution in [0.1, 0.15) is 27.9 Å². The summed E-state index contributed by atoms with van der Waals surface area (Å²) < 4.78 is 0. The van der Waals surface area contributed by atoms with Crippen molar-refractivity contribution < 1.29 is 14.7 Å². The smallest absolute Gasteiger partial charge is 0.307 e. The topological polar surface area (TPSA) is 66.4 Å². The normalized spacial score (nSPS) is 13.9. The summed E-state index contributed by atoms with van der Waals surface area (Å²) in [5, 5.41) is 11.2. The standard InChI is InChI=1S/C12H11NO3/c14-11(15)6-2-4-8-3-1-5-9-10(8)7-13-12(9)16/h1-5H,6-7H2,(H,13,16)(H,14,15). The van der Waals surface area contributed by atoms with Crippen LogP contribution in [0.5, 0.6) is 0 Å². The fourth-order valence-electron chi connectivity index (χ4n) is 1.72. The zero-order valence-electron chi connectivity index (χ0n) is 8.56. The third-order valence-electron chi connectivity index (χ3n) is 2.47. The Morgan fingerprint density at radius 3 is 3.06 bits per heavy atom. The minimum atomic E-state index is -0.863. The first kappa shape index (κ1) is 10.4. The van der Waals surface area contributed by atoms with Crippen molar-refractivity contribution in [3.8, 4) is 0 Å². The van der Waals surface area contributed by atoms with Gasteiger partial charge < -0.3 is 10.4 Å². The van der Waals surface area contributed by atoms with Crippen molar-refractivity contribution in [2.75, 3.05) is 0 Å². The fraction of sp³-hybridized carbons (Fsp3) is 0.167. The first-order chi connectivity index (χ1) is 7.68. The molecule has 0 aliphatic carbocycles. The van der Waals surface area contributed by atoms with E-state index in [0.717, 1.165) is 11.1 Å². The molecule has 0 bridgehead atoms. The second-order valence-electron chi connectivity index (χ2n) is 3.56. The molecule has 4 heteroatoms. The summed E-state index contributed by atoms with van der Waals surface area (Å²) in [4.78, 5) is 21.7. The molecule has 1 heterocycles. The van der Waals surface area contributed by atoms with Crippen molar-refractivity contribution >= 4 is 18.0 Å². The van der Waals surface area contributed by atoms with E-state index in [0.29, 0.717) is 12.1 Å². The highest BCUT2D eigenvalue weighted by molar-refractivity contribution is 5.99. The van der Waals surface area contributed by atoms with Crippen LogP contribution in [0.4, 0.5) is 0 Å². The number of carbonyl (C=O) groups is 2. The lowest BCUT2D eigenvalue weighted by Gasteiger charge is -2.00. The van der Waals surface area contributed by atoms with Crippen molar-refractivity contribution in [2.45, 2.75) is 13.0 Å². The number of rotatable bonds is 3. The van der Waals surface area contributed by atoms with Gasteiger partial charge in [-0.05, 0) is 17.2 Å². The van der Waals surface area contributed by atoms with Crippen LogP contribution < -0.4 is 5.32 Å². The van der Waals surface area contributed by atoms with Gasteiger partial charge in [-0.1, -0.05) is 24.3 Å². The number of hydrogen-bond acceptors (Lipinski definition) is 2. The zero-order chi connectivity index (χ0) is 11.5. The Morgan fingerprint density at radius 2 is 2.31 bits per heavy atom. The number of carboxylic acids is 1. The molecule has 1 aromatic carbocycles. The largest absolute Gasteiger partial charge is 0.481 e. The van der Waals surface area contributed by atoms with Gasteiger partial charge in [-0.15, -0.1) is 0 Å². The maximum absolute atomic E-state index is 11.4. The van der Waals surface area contributed by atoms with Gasteiger partial charge >= 0.3 is 5.97 Å². The average molecular weight is 217 g/mol. The van der Waals surface area contributed by atoms with Crippen LogP contribution in [0.25, 0.3) is 6.08 Å². The van der Waals surface area contributed by atoms with Gasteiger partial charge in [0.05, 0.1) is 6.42 Å². The number of amides is 1. The van der Waals surface area contributed by atoms with Gasteiger partial charge in [-0.2, -0.15) is 0 Å². The molecule has 16 heavy (non-hydrogen) atoms. The number of benzene rings is 1. The third kappa shape index (κ3) is 1.95. The SMILES string of the molecule is O=C(O)CC=Cc1cccc2c1CNC2=O. The highest BCUT2D eigenvalue weighted by Gasteiger charge is 2.19. The number of carbonyl (C=O) groups excluding carboxylic acids is 1. The Balaban J connectivity index is 2.26.